The number of ether oxygens (including phenoxy) is 2. The van der Waals surface area contributed by atoms with Crippen LogP contribution in [0.25, 0.3) is 0 Å². The van der Waals surface area contributed by atoms with Gasteiger partial charge in [0.2, 0.25) is 5.91 Å². The summed E-state index contributed by atoms with van der Waals surface area (Å²) < 4.78 is 12.0. The van der Waals surface area contributed by atoms with Crippen molar-refractivity contribution in [2.75, 3.05) is 26.7 Å². The number of pyridine rings is 1. The monoisotopic (exact) mass is 431 g/mol. The van der Waals surface area contributed by atoms with Gasteiger partial charge in [-0.3, -0.25) is 14.7 Å². The Kier molecular flexibility index (Phi) is 7.35. The Morgan fingerprint density at radius 1 is 1.12 bits per heavy atom. The fourth-order valence-corrected chi connectivity index (χ4v) is 3.99. The molecule has 32 heavy (non-hydrogen) atoms. The van der Waals surface area contributed by atoms with Crippen molar-refractivity contribution in [3.63, 3.8) is 0 Å². The van der Waals surface area contributed by atoms with E-state index in [-0.39, 0.29) is 12.0 Å². The van der Waals surface area contributed by atoms with E-state index in [9.17, 15) is 4.79 Å². The molecule has 0 saturated carbocycles. The minimum Gasteiger partial charge on any atom is -0.496 e. The zero-order valence-corrected chi connectivity index (χ0v) is 18.4. The highest BCUT2D eigenvalue weighted by molar-refractivity contribution is 5.76. The van der Waals surface area contributed by atoms with E-state index < -0.39 is 0 Å². The van der Waals surface area contributed by atoms with E-state index in [4.69, 9.17) is 9.47 Å². The number of hydrogen-bond acceptors (Lipinski definition) is 5. The van der Waals surface area contributed by atoms with Crippen molar-refractivity contribution < 1.29 is 14.3 Å². The molecular formula is C26H29N3O3. The lowest BCUT2D eigenvalue weighted by molar-refractivity contribution is -0.121. The molecular weight excluding hydrogens is 402 g/mol. The average Bonchev–Trinajstić information content (AvgIpc) is 3.02. The van der Waals surface area contributed by atoms with E-state index in [1.807, 2.05) is 48.5 Å². The Morgan fingerprint density at radius 2 is 1.91 bits per heavy atom. The van der Waals surface area contributed by atoms with Crippen LogP contribution >= 0.6 is 0 Å². The number of benzene rings is 2. The van der Waals surface area contributed by atoms with Gasteiger partial charge in [-0.25, -0.2) is 0 Å². The van der Waals surface area contributed by atoms with Crippen molar-refractivity contribution in [1.82, 2.24) is 15.2 Å². The molecule has 0 radical (unpaired) electrons. The van der Waals surface area contributed by atoms with Crippen LogP contribution in [0.4, 0.5) is 0 Å². The van der Waals surface area contributed by atoms with E-state index in [2.05, 4.69) is 27.3 Å². The van der Waals surface area contributed by atoms with E-state index in [1.54, 1.807) is 19.5 Å². The molecule has 4 rings (SSSR count). The molecule has 2 aromatic carbocycles. The van der Waals surface area contributed by atoms with Gasteiger partial charge < -0.3 is 14.8 Å². The molecule has 0 saturated heterocycles. The number of amides is 1. The highest BCUT2D eigenvalue weighted by Crippen LogP contribution is 2.34. The first kappa shape index (κ1) is 21.8. The van der Waals surface area contributed by atoms with Crippen LogP contribution in [0.2, 0.25) is 0 Å². The molecule has 1 atom stereocenters. The molecule has 6 nitrogen and oxygen atoms in total. The van der Waals surface area contributed by atoms with Crippen molar-refractivity contribution >= 4 is 5.91 Å². The Hall–Kier alpha value is -3.38. The van der Waals surface area contributed by atoms with Gasteiger partial charge in [0.1, 0.15) is 17.6 Å². The van der Waals surface area contributed by atoms with Crippen molar-refractivity contribution in [1.29, 1.82) is 0 Å². The minimum atomic E-state index is -0.155. The maximum atomic E-state index is 12.3. The van der Waals surface area contributed by atoms with Gasteiger partial charge >= 0.3 is 0 Å². The molecule has 166 valence electrons. The lowest BCUT2D eigenvalue weighted by Gasteiger charge is -2.25. The van der Waals surface area contributed by atoms with Gasteiger partial charge in [0, 0.05) is 56.1 Å². The third kappa shape index (κ3) is 5.65. The molecule has 1 aliphatic heterocycles. The molecule has 0 spiro atoms. The van der Waals surface area contributed by atoms with Gasteiger partial charge in [0.25, 0.3) is 0 Å². The highest BCUT2D eigenvalue weighted by Gasteiger charge is 2.26. The SMILES string of the molecule is COc1ccccc1C1CN(CCNC(=O)CCc2ccncc2)Cc2ccccc2O1. The summed E-state index contributed by atoms with van der Waals surface area (Å²) in [6.07, 6.45) is 4.54. The molecule has 1 aliphatic rings. The first-order valence-electron chi connectivity index (χ1n) is 11.0. The quantitative estimate of drug-likeness (QED) is 0.588. The van der Waals surface area contributed by atoms with Gasteiger partial charge in [0.15, 0.2) is 0 Å². The van der Waals surface area contributed by atoms with E-state index >= 15 is 0 Å². The van der Waals surface area contributed by atoms with E-state index in [0.29, 0.717) is 19.5 Å². The third-order valence-electron chi connectivity index (χ3n) is 5.69. The molecule has 1 N–H and O–H groups in total. The largest absolute Gasteiger partial charge is 0.496 e. The summed E-state index contributed by atoms with van der Waals surface area (Å²) in [5.74, 6) is 1.78. The number of nitrogens with one attached hydrogen (secondary N) is 1. The topological polar surface area (TPSA) is 63.7 Å². The number of fused-ring (bicyclic) bond motifs is 1. The number of para-hydroxylation sites is 2. The number of carbonyl (C=O) groups is 1. The Bertz CT molecular complexity index is 1030. The van der Waals surface area contributed by atoms with Gasteiger partial charge in [-0.2, -0.15) is 0 Å². The molecule has 6 heteroatoms. The predicted molar refractivity (Wildman–Crippen MR) is 124 cm³/mol. The summed E-state index contributed by atoms with van der Waals surface area (Å²) in [7, 11) is 1.68. The lowest BCUT2D eigenvalue weighted by Crippen LogP contribution is -2.36. The van der Waals surface area contributed by atoms with Gasteiger partial charge in [-0.1, -0.05) is 36.4 Å². The van der Waals surface area contributed by atoms with Crippen LogP contribution in [-0.4, -0.2) is 42.5 Å². The number of carbonyl (C=O) groups excluding carboxylic acids is 1. The molecule has 0 fully saturated rings. The fourth-order valence-electron chi connectivity index (χ4n) is 3.99. The summed E-state index contributed by atoms with van der Waals surface area (Å²) in [5.41, 5.74) is 3.29. The standard InChI is InChI=1S/C26H29N3O3/c1-31-24-9-5-3-7-22(24)25-19-29(18-21-6-2-4-8-23(21)32-25)17-16-28-26(30)11-10-20-12-14-27-15-13-20/h2-9,12-15,25H,10-11,16-19H2,1H3,(H,28,30). The zero-order valence-electron chi connectivity index (χ0n) is 18.4. The fraction of sp³-hybridized carbons (Fsp3) is 0.308. The van der Waals surface area contributed by atoms with E-state index in [0.717, 1.165) is 47.7 Å². The van der Waals surface area contributed by atoms with Gasteiger partial charge in [0.05, 0.1) is 7.11 Å². The van der Waals surface area contributed by atoms with Crippen LogP contribution in [0.5, 0.6) is 11.5 Å². The summed E-state index contributed by atoms with van der Waals surface area (Å²) in [6, 6.07) is 20.0. The van der Waals surface area contributed by atoms with Crippen LogP contribution in [0, 0.1) is 0 Å². The van der Waals surface area contributed by atoms with Crippen molar-refractivity contribution in [3.8, 4) is 11.5 Å². The molecule has 1 aromatic heterocycles. The number of aromatic nitrogens is 1. The smallest absolute Gasteiger partial charge is 0.220 e. The summed E-state index contributed by atoms with van der Waals surface area (Å²) >= 11 is 0. The highest BCUT2D eigenvalue weighted by atomic mass is 16.5. The van der Waals surface area contributed by atoms with Crippen LogP contribution in [0.3, 0.4) is 0 Å². The second-order valence-electron chi connectivity index (χ2n) is 7.90. The second kappa shape index (κ2) is 10.8. The molecule has 1 unspecified atom stereocenters. The number of aryl methyl sites for hydroxylation is 1. The third-order valence-corrected chi connectivity index (χ3v) is 5.69. The second-order valence-corrected chi connectivity index (χ2v) is 7.90. The molecule has 0 aliphatic carbocycles. The summed E-state index contributed by atoms with van der Waals surface area (Å²) in [5, 5.41) is 3.06. The van der Waals surface area contributed by atoms with Crippen LogP contribution < -0.4 is 14.8 Å². The van der Waals surface area contributed by atoms with Crippen molar-refractivity contribution in [3.05, 3.63) is 89.7 Å². The Labute approximate surface area is 189 Å². The van der Waals surface area contributed by atoms with Crippen molar-refractivity contribution in [2.45, 2.75) is 25.5 Å². The zero-order chi connectivity index (χ0) is 22.2. The minimum absolute atomic E-state index is 0.0644. The summed E-state index contributed by atoms with van der Waals surface area (Å²) in [6.45, 7) is 2.82. The number of rotatable bonds is 8. The lowest BCUT2D eigenvalue weighted by atomic mass is 10.1. The van der Waals surface area contributed by atoms with Gasteiger partial charge in [-0.05, 0) is 36.2 Å². The molecule has 3 aromatic rings. The number of hydrogen-bond donors (Lipinski definition) is 1. The maximum Gasteiger partial charge on any atom is 0.220 e. The first-order valence-corrected chi connectivity index (χ1v) is 11.0. The van der Waals surface area contributed by atoms with Gasteiger partial charge in [-0.15, -0.1) is 0 Å². The number of methoxy groups -OCH3 is 1. The molecule has 2 heterocycles. The Morgan fingerprint density at radius 3 is 2.75 bits per heavy atom. The Balaban J connectivity index is 1.38. The predicted octanol–water partition coefficient (Wildman–Crippen LogP) is 3.77. The van der Waals surface area contributed by atoms with Crippen LogP contribution in [0.1, 0.15) is 29.2 Å². The molecule has 1 amide bonds. The molecule has 0 bridgehead atoms. The normalized spacial score (nSPS) is 15.8. The van der Waals surface area contributed by atoms with Crippen LogP contribution in [-0.2, 0) is 17.8 Å². The van der Waals surface area contributed by atoms with Crippen LogP contribution in [0.15, 0.2) is 73.1 Å². The van der Waals surface area contributed by atoms with Crippen molar-refractivity contribution in [2.24, 2.45) is 0 Å². The van der Waals surface area contributed by atoms with E-state index in [1.165, 1.54) is 0 Å². The first-order chi connectivity index (χ1) is 15.7. The number of nitrogens with zero attached hydrogens (tertiary/aromatic N) is 2. The summed E-state index contributed by atoms with van der Waals surface area (Å²) in [4.78, 5) is 18.6. The average molecular weight is 432 g/mol. The maximum absolute atomic E-state index is 12.3.